The lowest BCUT2D eigenvalue weighted by Gasteiger charge is -2.08. The van der Waals surface area contributed by atoms with Crippen LogP contribution in [0.5, 0.6) is 0 Å². The zero-order chi connectivity index (χ0) is 13.8. The van der Waals surface area contributed by atoms with E-state index >= 15 is 0 Å². The van der Waals surface area contributed by atoms with Gasteiger partial charge in [0.15, 0.2) is 5.78 Å². The molecule has 0 aliphatic rings. The number of carboxylic acid groups (broad SMARTS) is 1. The Bertz CT molecular complexity index is 629. The van der Waals surface area contributed by atoms with E-state index in [-0.39, 0.29) is 12.2 Å². The molecule has 0 amide bonds. The van der Waals surface area contributed by atoms with Crippen molar-refractivity contribution in [2.24, 2.45) is 0 Å². The fourth-order valence-corrected chi connectivity index (χ4v) is 2.02. The minimum Gasteiger partial charge on any atom is -0.481 e. The second kappa shape index (κ2) is 5.48. The Morgan fingerprint density at radius 2 is 1.79 bits per heavy atom. The van der Waals surface area contributed by atoms with E-state index in [4.69, 9.17) is 5.11 Å². The van der Waals surface area contributed by atoms with Gasteiger partial charge in [0, 0.05) is 5.56 Å². The molecule has 0 bridgehead atoms. The molecule has 2 rings (SSSR count). The molecule has 3 nitrogen and oxygen atoms in total. The van der Waals surface area contributed by atoms with Gasteiger partial charge in [-0.2, -0.15) is 0 Å². The Hall–Kier alpha value is -2.42. The van der Waals surface area contributed by atoms with Crippen LogP contribution in [-0.2, 0) is 11.2 Å². The summed E-state index contributed by atoms with van der Waals surface area (Å²) in [5, 5.41) is 8.93. The molecule has 0 fully saturated rings. The highest BCUT2D eigenvalue weighted by molar-refractivity contribution is 5.95. The maximum Gasteiger partial charge on any atom is 0.307 e. The van der Waals surface area contributed by atoms with Gasteiger partial charge in [-0.15, -0.1) is 0 Å². The smallest absolute Gasteiger partial charge is 0.307 e. The highest BCUT2D eigenvalue weighted by Crippen LogP contribution is 2.25. The van der Waals surface area contributed by atoms with Gasteiger partial charge in [-0.25, -0.2) is 0 Å². The molecule has 0 aliphatic carbocycles. The molecule has 0 saturated heterocycles. The summed E-state index contributed by atoms with van der Waals surface area (Å²) in [6, 6.07) is 14.6. The second-order valence-electron chi connectivity index (χ2n) is 4.36. The summed E-state index contributed by atoms with van der Waals surface area (Å²) in [7, 11) is 0. The summed E-state index contributed by atoms with van der Waals surface area (Å²) in [4.78, 5) is 22.3. The number of hydrogen-bond donors (Lipinski definition) is 1. The Morgan fingerprint density at radius 3 is 2.47 bits per heavy atom. The van der Waals surface area contributed by atoms with Gasteiger partial charge in [-0.05, 0) is 29.7 Å². The number of Topliss-reactive ketones (excluding diaryl/α,β-unsaturated/α-hetero) is 1. The number of carbonyl (C=O) groups is 2. The van der Waals surface area contributed by atoms with Crippen molar-refractivity contribution in [2.45, 2.75) is 13.3 Å². The highest BCUT2D eigenvalue weighted by Gasteiger charge is 2.09. The van der Waals surface area contributed by atoms with E-state index in [1.54, 1.807) is 18.2 Å². The molecular weight excluding hydrogens is 240 g/mol. The quantitative estimate of drug-likeness (QED) is 0.852. The molecule has 0 saturated carbocycles. The van der Waals surface area contributed by atoms with Crippen LogP contribution < -0.4 is 0 Å². The van der Waals surface area contributed by atoms with Crippen molar-refractivity contribution in [3.8, 4) is 11.1 Å². The predicted molar refractivity (Wildman–Crippen MR) is 73.2 cm³/mol. The van der Waals surface area contributed by atoms with Crippen LogP contribution in [0.3, 0.4) is 0 Å². The van der Waals surface area contributed by atoms with E-state index in [0.29, 0.717) is 5.56 Å². The minimum absolute atomic E-state index is 0.00225. The first kappa shape index (κ1) is 13.0. The number of benzene rings is 2. The highest BCUT2D eigenvalue weighted by atomic mass is 16.4. The molecular formula is C16H14O3. The number of rotatable bonds is 4. The Labute approximate surface area is 111 Å². The zero-order valence-electron chi connectivity index (χ0n) is 10.6. The van der Waals surface area contributed by atoms with Crippen molar-refractivity contribution < 1.29 is 14.7 Å². The first-order valence-corrected chi connectivity index (χ1v) is 5.99. The van der Waals surface area contributed by atoms with E-state index in [0.717, 1.165) is 16.7 Å². The summed E-state index contributed by atoms with van der Waals surface area (Å²) in [6.45, 7) is 1.52. The van der Waals surface area contributed by atoms with E-state index in [9.17, 15) is 9.59 Å². The van der Waals surface area contributed by atoms with E-state index in [1.165, 1.54) is 6.92 Å². The zero-order valence-corrected chi connectivity index (χ0v) is 10.6. The number of ketones is 1. The van der Waals surface area contributed by atoms with Gasteiger partial charge in [0.25, 0.3) is 0 Å². The first-order chi connectivity index (χ1) is 9.08. The average Bonchev–Trinajstić information content (AvgIpc) is 2.39. The van der Waals surface area contributed by atoms with E-state index < -0.39 is 5.97 Å². The SMILES string of the molecule is CC(=O)c1cccc(-c2ccccc2CC(=O)O)c1. The Morgan fingerprint density at radius 1 is 1.05 bits per heavy atom. The molecule has 0 aromatic heterocycles. The predicted octanol–water partition coefficient (Wildman–Crippen LogP) is 3.18. The molecule has 3 heteroatoms. The Kier molecular flexibility index (Phi) is 3.76. The van der Waals surface area contributed by atoms with Gasteiger partial charge in [0.1, 0.15) is 0 Å². The van der Waals surface area contributed by atoms with E-state index in [1.807, 2.05) is 30.3 Å². The number of carboxylic acids is 1. The lowest BCUT2D eigenvalue weighted by atomic mass is 9.96. The van der Waals surface area contributed by atoms with Crippen molar-refractivity contribution >= 4 is 11.8 Å². The lowest BCUT2D eigenvalue weighted by Crippen LogP contribution is -2.02. The van der Waals surface area contributed by atoms with Crippen molar-refractivity contribution in [3.05, 3.63) is 59.7 Å². The third-order valence-corrected chi connectivity index (χ3v) is 2.94. The van der Waals surface area contributed by atoms with Crippen LogP contribution in [0.25, 0.3) is 11.1 Å². The summed E-state index contributed by atoms with van der Waals surface area (Å²) < 4.78 is 0. The monoisotopic (exact) mass is 254 g/mol. The number of aliphatic carboxylic acids is 1. The molecule has 19 heavy (non-hydrogen) atoms. The molecule has 0 unspecified atom stereocenters. The average molecular weight is 254 g/mol. The number of carbonyl (C=O) groups excluding carboxylic acids is 1. The van der Waals surface area contributed by atoms with Gasteiger partial charge in [0.2, 0.25) is 0 Å². The third-order valence-electron chi connectivity index (χ3n) is 2.94. The molecule has 96 valence electrons. The van der Waals surface area contributed by atoms with Crippen LogP contribution in [-0.4, -0.2) is 16.9 Å². The van der Waals surface area contributed by atoms with Crippen LogP contribution in [0.2, 0.25) is 0 Å². The summed E-state index contributed by atoms with van der Waals surface area (Å²) in [5.41, 5.74) is 3.09. The molecule has 0 heterocycles. The molecule has 0 atom stereocenters. The molecule has 2 aromatic carbocycles. The maximum absolute atomic E-state index is 11.4. The normalized spacial score (nSPS) is 10.2. The van der Waals surface area contributed by atoms with Gasteiger partial charge in [-0.1, -0.05) is 42.5 Å². The summed E-state index contributed by atoms with van der Waals surface area (Å²) >= 11 is 0. The van der Waals surface area contributed by atoms with E-state index in [2.05, 4.69) is 0 Å². The second-order valence-corrected chi connectivity index (χ2v) is 4.36. The van der Waals surface area contributed by atoms with Gasteiger partial charge < -0.3 is 5.11 Å². The number of hydrogen-bond acceptors (Lipinski definition) is 2. The largest absolute Gasteiger partial charge is 0.481 e. The molecule has 0 radical (unpaired) electrons. The molecule has 0 aliphatic heterocycles. The van der Waals surface area contributed by atoms with Crippen LogP contribution >= 0.6 is 0 Å². The topological polar surface area (TPSA) is 54.4 Å². The van der Waals surface area contributed by atoms with Crippen molar-refractivity contribution in [2.75, 3.05) is 0 Å². The minimum atomic E-state index is -0.866. The van der Waals surface area contributed by atoms with Crippen molar-refractivity contribution in [3.63, 3.8) is 0 Å². The first-order valence-electron chi connectivity index (χ1n) is 5.99. The maximum atomic E-state index is 11.4. The fourth-order valence-electron chi connectivity index (χ4n) is 2.02. The van der Waals surface area contributed by atoms with Crippen LogP contribution in [0.15, 0.2) is 48.5 Å². The lowest BCUT2D eigenvalue weighted by molar-refractivity contribution is -0.136. The molecule has 0 spiro atoms. The van der Waals surface area contributed by atoms with Crippen LogP contribution in [0.4, 0.5) is 0 Å². The van der Waals surface area contributed by atoms with Gasteiger partial charge in [0.05, 0.1) is 6.42 Å². The molecule has 1 N–H and O–H groups in total. The summed E-state index contributed by atoms with van der Waals surface area (Å²) in [5.74, 6) is -0.868. The standard InChI is InChI=1S/C16H14O3/c1-11(17)12-6-4-7-13(9-12)15-8-3-2-5-14(15)10-16(18)19/h2-9H,10H2,1H3,(H,18,19). The third kappa shape index (κ3) is 3.07. The van der Waals surface area contributed by atoms with Crippen LogP contribution in [0, 0.1) is 0 Å². The summed E-state index contributed by atoms with van der Waals surface area (Å²) in [6.07, 6.45) is -0.0273. The molecule has 2 aromatic rings. The van der Waals surface area contributed by atoms with Crippen molar-refractivity contribution in [1.82, 2.24) is 0 Å². The fraction of sp³-hybridized carbons (Fsp3) is 0.125. The van der Waals surface area contributed by atoms with Gasteiger partial charge >= 0.3 is 5.97 Å². The van der Waals surface area contributed by atoms with Crippen molar-refractivity contribution in [1.29, 1.82) is 0 Å². The van der Waals surface area contributed by atoms with Crippen LogP contribution in [0.1, 0.15) is 22.8 Å². The Balaban J connectivity index is 2.49. The van der Waals surface area contributed by atoms with Gasteiger partial charge in [-0.3, -0.25) is 9.59 Å².